The monoisotopic (exact) mass is 311 g/mol. The number of pyridine rings is 1. The zero-order valence-corrected chi connectivity index (χ0v) is 11.1. The van der Waals surface area contributed by atoms with E-state index in [0.29, 0.717) is 17.9 Å². The molecule has 96 valence electrons. The summed E-state index contributed by atoms with van der Waals surface area (Å²) in [5, 5.41) is 2.90. The molecule has 0 bridgehead atoms. The number of aromatic nitrogens is 1. The quantitative estimate of drug-likeness (QED) is 0.926. The van der Waals surface area contributed by atoms with E-state index >= 15 is 0 Å². The molecule has 17 heavy (non-hydrogen) atoms. The Bertz CT molecular complexity index is 382. The first-order valence-corrected chi connectivity index (χ1v) is 5.69. The topological polar surface area (TPSA) is 28.2 Å². The summed E-state index contributed by atoms with van der Waals surface area (Å²) in [6.07, 6.45) is -2.75. The molecule has 1 N–H and O–H groups in total. The maximum atomic E-state index is 12.3. The molecule has 0 radical (unpaired) electrons. The van der Waals surface area contributed by atoms with Gasteiger partial charge in [0.05, 0.1) is 0 Å². The van der Waals surface area contributed by atoms with E-state index < -0.39 is 12.7 Å². The molecule has 1 aromatic heterocycles. The van der Waals surface area contributed by atoms with Crippen molar-refractivity contribution in [1.29, 1.82) is 0 Å². The molecule has 0 aliphatic carbocycles. The minimum atomic E-state index is -4.24. The van der Waals surface area contributed by atoms with Crippen LogP contribution in [0.15, 0.2) is 16.7 Å². The smallest absolute Gasteiger partial charge is 0.350 e. The van der Waals surface area contributed by atoms with E-state index in [-0.39, 0.29) is 0 Å². The second-order valence-electron chi connectivity index (χ2n) is 3.64. The third kappa shape index (κ3) is 4.51. The van der Waals surface area contributed by atoms with Crippen LogP contribution in [0.1, 0.15) is 5.56 Å². The minimum Gasteiger partial charge on any atom is -0.350 e. The number of hydrogen-bond acceptors (Lipinski definition) is 3. The molecule has 0 unspecified atom stereocenters. The van der Waals surface area contributed by atoms with Gasteiger partial charge < -0.3 is 10.2 Å². The van der Waals surface area contributed by atoms with Crippen LogP contribution in [-0.2, 0) is 6.54 Å². The van der Waals surface area contributed by atoms with Gasteiger partial charge in [-0.25, -0.2) is 4.98 Å². The van der Waals surface area contributed by atoms with Crippen molar-refractivity contribution in [3.05, 3.63) is 22.3 Å². The van der Waals surface area contributed by atoms with Crippen LogP contribution < -0.4 is 10.2 Å². The van der Waals surface area contributed by atoms with Gasteiger partial charge in [-0.3, -0.25) is 0 Å². The van der Waals surface area contributed by atoms with E-state index in [4.69, 9.17) is 0 Å². The number of alkyl halides is 3. The van der Waals surface area contributed by atoms with Crippen LogP contribution in [0.2, 0.25) is 0 Å². The van der Waals surface area contributed by atoms with Gasteiger partial charge >= 0.3 is 6.18 Å². The van der Waals surface area contributed by atoms with Crippen molar-refractivity contribution in [3.8, 4) is 0 Å². The molecule has 0 aliphatic rings. The van der Waals surface area contributed by atoms with Gasteiger partial charge in [0, 0.05) is 29.8 Å². The first kappa shape index (κ1) is 14.2. The van der Waals surface area contributed by atoms with Crippen LogP contribution in [0.3, 0.4) is 0 Å². The zero-order chi connectivity index (χ0) is 13.1. The molecule has 0 spiro atoms. The Kier molecular flexibility index (Phi) is 4.76. The number of rotatable bonds is 4. The van der Waals surface area contributed by atoms with Gasteiger partial charge in [0.25, 0.3) is 0 Å². The van der Waals surface area contributed by atoms with Crippen LogP contribution in [0, 0.1) is 0 Å². The molecule has 1 rings (SSSR count). The fraction of sp³-hybridized carbons (Fsp3) is 0.500. The van der Waals surface area contributed by atoms with E-state index in [1.807, 2.05) is 0 Å². The number of nitrogens with zero attached hydrogens (tertiary/aromatic N) is 2. The third-order valence-corrected chi connectivity index (χ3v) is 2.49. The average molecular weight is 312 g/mol. The first-order valence-electron chi connectivity index (χ1n) is 4.90. The minimum absolute atomic E-state index is 0.333. The van der Waals surface area contributed by atoms with Crippen LogP contribution in [0.4, 0.5) is 19.0 Å². The van der Waals surface area contributed by atoms with Crippen LogP contribution in [-0.4, -0.2) is 31.8 Å². The van der Waals surface area contributed by atoms with Crippen molar-refractivity contribution in [2.45, 2.75) is 12.7 Å². The highest BCUT2D eigenvalue weighted by Gasteiger charge is 2.30. The van der Waals surface area contributed by atoms with Crippen molar-refractivity contribution in [3.63, 3.8) is 0 Å². The molecule has 0 saturated heterocycles. The van der Waals surface area contributed by atoms with Gasteiger partial charge in [-0.1, -0.05) is 0 Å². The van der Waals surface area contributed by atoms with Crippen LogP contribution in [0.25, 0.3) is 0 Å². The summed E-state index contributed by atoms with van der Waals surface area (Å²) >= 11 is 3.25. The summed E-state index contributed by atoms with van der Waals surface area (Å²) in [6, 6.07) is 1.76. The predicted octanol–water partition coefficient (Wildman–Crippen LogP) is 2.56. The van der Waals surface area contributed by atoms with Crippen molar-refractivity contribution in [2.75, 3.05) is 25.5 Å². The fourth-order valence-corrected chi connectivity index (χ4v) is 1.86. The molecule has 1 aromatic rings. The summed E-state index contributed by atoms with van der Waals surface area (Å²) in [5.74, 6) is 0.333. The van der Waals surface area contributed by atoms with Crippen LogP contribution >= 0.6 is 15.9 Å². The molecule has 0 saturated carbocycles. The maximum Gasteiger partial charge on any atom is 0.405 e. The highest BCUT2D eigenvalue weighted by atomic mass is 79.9. The molecule has 0 aromatic carbocycles. The summed E-state index contributed by atoms with van der Waals surface area (Å²) in [7, 11) is 3.11. The number of halogens is 4. The van der Waals surface area contributed by atoms with Gasteiger partial charge in [0.2, 0.25) is 0 Å². The van der Waals surface area contributed by atoms with Gasteiger partial charge in [0.1, 0.15) is 12.4 Å². The first-order chi connectivity index (χ1) is 7.83. The molecule has 1 heterocycles. The molecule has 3 nitrogen and oxygen atoms in total. The van der Waals surface area contributed by atoms with Crippen LogP contribution in [0.5, 0.6) is 0 Å². The highest BCUT2D eigenvalue weighted by molar-refractivity contribution is 9.10. The Balaban J connectivity index is 2.95. The largest absolute Gasteiger partial charge is 0.405 e. The van der Waals surface area contributed by atoms with E-state index in [2.05, 4.69) is 26.2 Å². The van der Waals surface area contributed by atoms with Gasteiger partial charge in [-0.05, 0) is 29.0 Å². The molecule has 0 fully saturated rings. The summed E-state index contributed by atoms with van der Waals surface area (Å²) in [5.41, 5.74) is 0.716. The molecular formula is C10H13BrF3N3. The Labute approximate surface area is 106 Å². The number of nitrogens with one attached hydrogen (secondary N) is 1. The van der Waals surface area contributed by atoms with Gasteiger partial charge in [-0.15, -0.1) is 0 Å². The van der Waals surface area contributed by atoms with E-state index in [9.17, 15) is 13.2 Å². The van der Waals surface area contributed by atoms with Gasteiger partial charge in [0.15, 0.2) is 0 Å². The SMILES string of the molecule is CNCc1cc(Br)cnc1N(C)CC(F)(F)F. The van der Waals surface area contributed by atoms with Crippen molar-refractivity contribution < 1.29 is 13.2 Å². The van der Waals surface area contributed by atoms with E-state index in [1.165, 1.54) is 13.2 Å². The normalized spacial score (nSPS) is 11.6. The molecule has 0 amide bonds. The van der Waals surface area contributed by atoms with Crippen molar-refractivity contribution >= 4 is 21.7 Å². The molecule has 0 aliphatic heterocycles. The van der Waals surface area contributed by atoms with E-state index in [1.54, 1.807) is 13.1 Å². The van der Waals surface area contributed by atoms with Gasteiger partial charge in [-0.2, -0.15) is 13.2 Å². The number of hydrogen-bond donors (Lipinski definition) is 1. The zero-order valence-electron chi connectivity index (χ0n) is 9.48. The fourth-order valence-electron chi connectivity index (χ4n) is 1.48. The lowest BCUT2D eigenvalue weighted by Gasteiger charge is -2.22. The third-order valence-electron chi connectivity index (χ3n) is 2.05. The maximum absolute atomic E-state index is 12.3. The Hall–Kier alpha value is -0.820. The molecule has 0 atom stereocenters. The van der Waals surface area contributed by atoms with Crippen molar-refractivity contribution in [2.24, 2.45) is 0 Å². The predicted molar refractivity (Wildman–Crippen MR) is 64.0 cm³/mol. The second kappa shape index (κ2) is 5.68. The Morgan fingerprint density at radius 1 is 1.47 bits per heavy atom. The Morgan fingerprint density at radius 3 is 2.65 bits per heavy atom. The highest BCUT2D eigenvalue weighted by Crippen LogP contribution is 2.24. The lowest BCUT2D eigenvalue weighted by Crippen LogP contribution is -2.32. The lowest BCUT2D eigenvalue weighted by molar-refractivity contribution is -0.119. The molecule has 7 heteroatoms. The summed E-state index contributed by atoms with van der Waals surface area (Å²) in [4.78, 5) is 5.12. The Morgan fingerprint density at radius 2 is 2.12 bits per heavy atom. The van der Waals surface area contributed by atoms with Crippen molar-refractivity contribution in [1.82, 2.24) is 10.3 Å². The lowest BCUT2D eigenvalue weighted by atomic mass is 10.2. The molecular weight excluding hydrogens is 299 g/mol. The average Bonchev–Trinajstić information content (AvgIpc) is 2.15. The number of anilines is 1. The summed E-state index contributed by atoms with van der Waals surface area (Å²) in [6.45, 7) is -0.553. The standard InChI is InChI=1S/C10H13BrF3N3/c1-15-4-7-3-8(11)5-16-9(7)17(2)6-10(12,13)14/h3,5,15H,4,6H2,1-2H3. The van der Waals surface area contributed by atoms with E-state index in [0.717, 1.165) is 9.37 Å². The summed E-state index contributed by atoms with van der Waals surface area (Å²) < 4.78 is 37.6. The second-order valence-corrected chi connectivity index (χ2v) is 4.55.